The van der Waals surface area contributed by atoms with Crippen LogP contribution in [0.3, 0.4) is 0 Å². The molecule has 0 amide bonds. The molecule has 1 aromatic rings. The molecular formula is C19H26. The Hall–Kier alpha value is -0.780. The molecule has 0 heteroatoms. The van der Waals surface area contributed by atoms with Crippen LogP contribution in [-0.4, -0.2) is 0 Å². The van der Waals surface area contributed by atoms with Gasteiger partial charge < -0.3 is 0 Å². The molecular weight excluding hydrogens is 228 g/mol. The molecule has 0 saturated heterocycles. The molecule has 4 aliphatic carbocycles. The Morgan fingerprint density at radius 3 is 1.95 bits per heavy atom. The molecule has 0 N–H and O–H groups in total. The summed E-state index contributed by atoms with van der Waals surface area (Å²) in [4.78, 5) is 0. The highest BCUT2D eigenvalue weighted by atomic mass is 14.6. The number of hydrogen-bond donors (Lipinski definition) is 0. The van der Waals surface area contributed by atoms with Crippen LogP contribution in [0.25, 0.3) is 0 Å². The maximum Gasteiger partial charge on any atom is -0.00362 e. The van der Waals surface area contributed by atoms with Gasteiger partial charge in [-0.1, -0.05) is 38.1 Å². The zero-order valence-corrected chi connectivity index (χ0v) is 12.4. The van der Waals surface area contributed by atoms with Crippen LogP contribution < -0.4 is 0 Å². The van der Waals surface area contributed by atoms with Crippen LogP contribution in [0.15, 0.2) is 24.3 Å². The molecule has 102 valence electrons. The lowest BCUT2D eigenvalue weighted by molar-refractivity contribution is -0.00567. The third kappa shape index (κ3) is 1.79. The van der Waals surface area contributed by atoms with E-state index in [2.05, 4.69) is 38.1 Å². The van der Waals surface area contributed by atoms with Crippen LogP contribution in [0.1, 0.15) is 69.4 Å². The molecule has 4 saturated carbocycles. The van der Waals surface area contributed by atoms with Crippen molar-refractivity contribution in [1.29, 1.82) is 0 Å². The van der Waals surface area contributed by atoms with Crippen molar-refractivity contribution < 1.29 is 0 Å². The molecule has 0 heterocycles. The van der Waals surface area contributed by atoms with E-state index in [1.54, 1.807) is 30.4 Å². The number of hydrogen-bond acceptors (Lipinski definition) is 0. The summed E-state index contributed by atoms with van der Waals surface area (Å²) in [6, 6.07) is 9.36. The average Bonchev–Trinajstić information content (AvgIpc) is 2.37. The van der Waals surface area contributed by atoms with E-state index in [9.17, 15) is 0 Å². The van der Waals surface area contributed by atoms with Crippen LogP contribution in [-0.2, 0) is 5.41 Å². The summed E-state index contributed by atoms with van der Waals surface area (Å²) in [6.07, 6.45) is 9.10. The summed E-state index contributed by atoms with van der Waals surface area (Å²) < 4.78 is 0. The second kappa shape index (κ2) is 4.11. The van der Waals surface area contributed by atoms with Crippen molar-refractivity contribution in [2.75, 3.05) is 0 Å². The zero-order chi connectivity index (χ0) is 13.0. The van der Waals surface area contributed by atoms with Gasteiger partial charge in [-0.2, -0.15) is 0 Å². The van der Waals surface area contributed by atoms with Gasteiger partial charge in [-0.15, -0.1) is 0 Å². The summed E-state index contributed by atoms with van der Waals surface area (Å²) in [5.74, 6) is 3.81. The fourth-order valence-electron chi connectivity index (χ4n) is 5.92. The van der Waals surface area contributed by atoms with Crippen molar-refractivity contribution in [3.05, 3.63) is 35.4 Å². The van der Waals surface area contributed by atoms with Crippen LogP contribution in [0.4, 0.5) is 0 Å². The molecule has 0 spiro atoms. The molecule has 0 nitrogen and oxygen atoms in total. The minimum Gasteiger partial charge on any atom is -0.0620 e. The molecule has 4 bridgehead atoms. The molecule has 0 atom stereocenters. The van der Waals surface area contributed by atoms with Crippen LogP contribution in [0.2, 0.25) is 0 Å². The van der Waals surface area contributed by atoms with Crippen molar-refractivity contribution in [2.24, 2.45) is 17.8 Å². The van der Waals surface area contributed by atoms with E-state index in [4.69, 9.17) is 0 Å². The van der Waals surface area contributed by atoms with E-state index in [-0.39, 0.29) is 0 Å². The summed E-state index contributed by atoms with van der Waals surface area (Å²) in [7, 11) is 0. The van der Waals surface area contributed by atoms with Gasteiger partial charge in [-0.25, -0.2) is 0 Å². The summed E-state index contributed by atoms with van der Waals surface area (Å²) >= 11 is 0. The highest BCUT2D eigenvalue weighted by molar-refractivity contribution is 5.38. The van der Waals surface area contributed by atoms with Crippen molar-refractivity contribution in [3.8, 4) is 0 Å². The summed E-state index contributed by atoms with van der Waals surface area (Å²) in [5.41, 5.74) is 3.92. The van der Waals surface area contributed by atoms with E-state index in [1.165, 1.54) is 19.3 Å². The maximum atomic E-state index is 2.46. The third-order valence-corrected chi connectivity index (χ3v) is 6.19. The van der Waals surface area contributed by atoms with Crippen LogP contribution in [0.5, 0.6) is 0 Å². The van der Waals surface area contributed by atoms with Crippen molar-refractivity contribution in [1.82, 2.24) is 0 Å². The van der Waals surface area contributed by atoms with Crippen molar-refractivity contribution in [2.45, 2.75) is 63.7 Å². The predicted molar refractivity (Wildman–Crippen MR) is 80.4 cm³/mol. The Morgan fingerprint density at radius 1 is 0.895 bits per heavy atom. The van der Waals surface area contributed by atoms with E-state index < -0.39 is 0 Å². The number of benzene rings is 1. The first-order chi connectivity index (χ1) is 9.16. The molecule has 4 aliphatic rings. The predicted octanol–water partition coefficient (Wildman–Crippen LogP) is 5.28. The molecule has 4 fully saturated rings. The molecule has 0 radical (unpaired) electrons. The Morgan fingerprint density at radius 2 is 1.42 bits per heavy atom. The van der Waals surface area contributed by atoms with Crippen LogP contribution >= 0.6 is 0 Å². The van der Waals surface area contributed by atoms with E-state index >= 15 is 0 Å². The Labute approximate surface area is 117 Å². The first-order valence-corrected chi connectivity index (χ1v) is 8.26. The summed E-state index contributed by atoms with van der Waals surface area (Å²) in [6.45, 7) is 4.72. The second-order valence-corrected chi connectivity index (χ2v) is 7.94. The average molecular weight is 254 g/mol. The normalized spacial score (nSPS) is 40.1. The lowest BCUT2D eigenvalue weighted by atomic mass is 9.47. The van der Waals surface area contributed by atoms with Gasteiger partial charge in [0.15, 0.2) is 0 Å². The second-order valence-electron chi connectivity index (χ2n) is 7.94. The van der Waals surface area contributed by atoms with Crippen LogP contribution in [0, 0.1) is 17.8 Å². The first kappa shape index (κ1) is 12.0. The first-order valence-electron chi connectivity index (χ1n) is 8.26. The molecule has 0 aliphatic heterocycles. The molecule has 0 aromatic heterocycles. The minimum atomic E-state index is 0.565. The quantitative estimate of drug-likeness (QED) is 0.673. The SMILES string of the molecule is CC(C)c1ccccc1C12CC3CC(CC(C3)C1)C2. The van der Waals surface area contributed by atoms with Gasteiger partial charge in [0.25, 0.3) is 0 Å². The monoisotopic (exact) mass is 254 g/mol. The van der Waals surface area contributed by atoms with Gasteiger partial charge in [0.1, 0.15) is 0 Å². The molecule has 19 heavy (non-hydrogen) atoms. The Balaban J connectivity index is 1.80. The Bertz CT molecular complexity index is 447. The number of rotatable bonds is 2. The molecule has 5 rings (SSSR count). The van der Waals surface area contributed by atoms with E-state index in [0.717, 1.165) is 17.8 Å². The standard InChI is InChI=1S/C19H26/c1-13(2)17-5-3-4-6-18(17)19-10-14-7-15(11-19)9-16(8-14)12-19/h3-6,13-16H,7-12H2,1-2H3. The maximum absolute atomic E-state index is 2.46. The highest BCUT2D eigenvalue weighted by Gasteiger charge is 2.52. The third-order valence-electron chi connectivity index (χ3n) is 6.19. The minimum absolute atomic E-state index is 0.565. The van der Waals surface area contributed by atoms with Gasteiger partial charge in [-0.3, -0.25) is 0 Å². The topological polar surface area (TPSA) is 0 Å². The lowest BCUT2D eigenvalue weighted by Gasteiger charge is -2.57. The van der Waals surface area contributed by atoms with Crippen molar-refractivity contribution >= 4 is 0 Å². The molecule has 1 aromatic carbocycles. The van der Waals surface area contributed by atoms with Gasteiger partial charge in [0.2, 0.25) is 0 Å². The van der Waals surface area contributed by atoms with Gasteiger partial charge in [-0.05, 0) is 78.7 Å². The van der Waals surface area contributed by atoms with E-state index in [0.29, 0.717) is 11.3 Å². The molecule has 0 unspecified atom stereocenters. The van der Waals surface area contributed by atoms with Gasteiger partial charge in [0.05, 0.1) is 0 Å². The smallest absolute Gasteiger partial charge is 0.00362 e. The summed E-state index contributed by atoms with van der Waals surface area (Å²) in [5, 5.41) is 0. The van der Waals surface area contributed by atoms with Crippen molar-refractivity contribution in [3.63, 3.8) is 0 Å². The van der Waals surface area contributed by atoms with Gasteiger partial charge in [0, 0.05) is 0 Å². The highest BCUT2D eigenvalue weighted by Crippen LogP contribution is 2.61. The fraction of sp³-hybridized carbons (Fsp3) is 0.684. The zero-order valence-electron chi connectivity index (χ0n) is 12.4. The fourth-order valence-corrected chi connectivity index (χ4v) is 5.92. The lowest BCUT2D eigenvalue weighted by Crippen LogP contribution is -2.49. The van der Waals surface area contributed by atoms with E-state index in [1.807, 2.05) is 0 Å². The largest absolute Gasteiger partial charge is 0.0620 e. The Kier molecular flexibility index (Phi) is 2.59. The van der Waals surface area contributed by atoms with Gasteiger partial charge >= 0.3 is 0 Å².